The van der Waals surface area contributed by atoms with E-state index in [0.29, 0.717) is 12.1 Å². The first-order valence-electron chi connectivity index (χ1n) is 4.28. The predicted octanol–water partition coefficient (Wildman–Crippen LogP) is 0.131. The molecule has 0 aliphatic heterocycles. The lowest BCUT2D eigenvalue weighted by atomic mass is 10.2. The number of hydrogen-bond donors (Lipinski definition) is 1. The summed E-state index contributed by atoms with van der Waals surface area (Å²) in [4.78, 5) is 15.5. The van der Waals surface area contributed by atoms with Crippen molar-refractivity contribution in [3.63, 3.8) is 0 Å². The van der Waals surface area contributed by atoms with Crippen LogP contribution in [-0.4, -0.2) is 34.0 Å². The van der Waals surface area contributed by atoms with E-state index in [1.165, 1.54) is 6.33 Å². The maximum absolute atomic E-state index is 11.5. The molecule has 72 valence electrons. The van der Waals surface area contributed by atoms with Gasteiger partial charge >= 0.3 is 0 Å². The normalized spacial score (nSPS) is 10.6. The van der Waals surface area contributed by atoms with E-state index in [1.54, 1.807) is 29.9 Å². The molecule has 1 N–H and O–H groups in total. The molecule has 5 heteroatoms. The van der Waals surface area contributed by atoms with Gasteiger partial charge in [0.05, 0.1) is 6.54 Å². The van der Waals surface area contributed by atoms with Gasteiger partial charge in [-0.05, 0) is 19.2 Å². The van der Waals surface area contributed by atoms with Gasteiger partial charge in [0.15, 0.2) is 11.4 Å². The van der Waals surface area contributed by atoms with E-state index >= 15 is 0 Å². The Bertz CT molecular complexity index is 463. The molecular formula is C9H10N4O. The fraction of sp³-hybridized carbons (Fsp3) is 0.222. The zero-order valence-electron chi connectivity index (χ0n) is 7.77. The van der Waals surface area contributed by atoms with Gasteiger partial charge in [-0.1, -0.05) is 0 Å². The maximum Gasteiger partial charge on any atom is 0.178 e. The minimum atomic E-state index is 0.0462. The largest absolute Gasteiger partial charge is 0.313 e. The number of Topliss-reactive ketones (excluding diaryl/α,β-unsaturated/α-hetero) is 1. The summed E-state index contributed by atoms with van der Waals surface area (Å²) in [5.74, 6) is 0.0462. The van der Waals surface area contributed by atoms with Crippen molar-refractivity contribution in [2.24, 2.45) is 0 Å². The Labute approximate surface area is 80.8 Å². The highest BCUT2D eigenvalue weighted by Crippen LogP contribution is 2.03. The number of carbonyl (C=O) groups excluding carboxylic acids is 1. The zero-order chi connectivity index (χ0) is 9.97. The van der Waals surface area contributed by atoms with E-state index in [0.717, 1.165) is 5.65 Å². The van der Waals surface area contributed by atoms with Crippen LogP contribution >= 0.6 is 0 Å². The SMILES string of the molecule is CNCC(=O)c1ccc2ncnn2c1. The molecular weight excluding hydrogens is 180 g/mol. The van der Waals surface area contributed by atoms with E-state index in [2.05, 4.69) is 15.4 Å². The average Bonchev–Trinajstić information content (AvgIpc) is 2.64. The summed E-state index contributed by atoms with van der Waals surface area (Å²) >= 11 is 0. The van der Waals surface area contributed by atoms with Crippen molar-refractivity contribution >= 4 is 11.4 Å². The Balaban J connectivity index is 2.38. The number of nitrogens with zero attached hydrogens (tertiary/aromatic N) is 3. The Morgan fingerprint density at radius 1 is 1.57 bits per heavy atom. The number of pyridine rings is 1. The number of rotatable bonds is 3. The number of nitrogens with one attached hydrogen (secondary N) is 1. The van der Waals surface area contributed by atoms with Crippen LogP contribution in [0.3, 0.4) is 0 Å². The molecule has 14 heavy (non-hydrogen) atoms. The molecule has 2 aromatic rings. The van der Waals surface area contributed by atoms with Crippen LogP contribution in [-0.2, 0) is 0 Å². The van der Waals surface area contributed by atoms with Crippen molar-refractivity contribution in [2.45, 2.75) is 0 Å². The van der Waals surface area contributed by atoms with Gasteiger partial charge in [0.25, 0.3) is 0 Å². The highest BCUT2D eigenvalue weighted by Gasteiger charge is 2.05. The molecule has 0 saturated heterocycles. The molecule has 0 atom stereocenters. The molecule has 0 radical (unpaired) electrons. The summed E-state index contributed by atoms with van der Waals surface area (Å²) in [6, 6.07) is 3.53. The topological polar surface area (TPSA) is 59.3 Å². The summed E-state index contributed by atoms with van der Waals surface area (Å²) in [6.07, 6.45) is 3.14. The van der Waals surface area contributed by atoms with Crippen LogP contribution in [0.1, 0.15) is 10.4 Å². The number of carbonyl (C=O) groups is 1. The first kappa shape index (κ1) is 8.83. The Morgan fingerprint density at radius 3 is 3.21 bits per heavy atom. The standard InChI is InChI=1S/C9H10N4O/c1-10-4-8(14)7-2-3-9-11-6-12-13(9)5-7/h2-3,5-6,10H,4H2,1H3. The molecule has 0 spiro atoms. The van der Waals surface area contributed by atoms with E-state index in [-0.39, 0.29) is 5.78 Å². The van der Waals surface area contributed by atoms with E-state index in [1.807, 2.05) is 0 Å². The van der Waals surface area contributed by atoms with Gasteiger partial charge < -0.3 is 5.32 Å². The smallest absolute Gasteiger partial charge is 0.178 e. The summed E-state index contributed by atoms with van der Waals surface area (Å²) in [6.45, 7) is 0.334. The van der Waals surface area contributed by atoms with Crippen molar-refractivity contribution in [3.05, 3.63) is 30.2 Å². The molecule has 0 aliphatic rings. The van der Waals surface area contributed by atoms with Gasteiger partial charge in [-0.25, -0.2) is 9.50 Å². The lowest BCUT2D eigenvalue weighted by molar-refractivity contribution is 0.0993. The van der Waals surface area contributed by atoms with E-state index in [4.69, 9.17) is 0 Å². The van der Waals surface area contributed by atoms with Crippen LogP contribution in [0.5, 0.6) is 0 Å². The van der Waals surface area contributed by atoms with Crippen LogP contribution in [0.15, 0.2) is 24.7 Å². The summed E-state index contributed by atoms with van der Waals surface area (Å²) in [5, 5.41) is 6.77. The van der Waals surface area contributed by atoms with Gasteiger partial charge in [0.1, 0.15) is 6.33 Å². The first-order chi connectivity index (χ1) is 6.81. The molecule has 0 fully saturated rings. The molecule has 0 aromatic carbocycles. The highest BCUT2D eigenvalue weighted by atomic mass is 16.1. The molecule has 5 nitrogen and oxygen atoms in total. The molecule has 2 rings (SSSR count). The summed E-state index contributed by atoms with van der Waals surface area (Å²) < 4.78 is 1.59. The third kappa shape index (κ3) is 1.49. The molecule has 0 aliphatic carbocycles. The van der Waals surface area contributed by atoms with Crippen LogP contribution in [0.25, 0.3) is 5.65 Å². The molecule has 2 heterocycles. The van der Waals surface area contributed by atoms with Crippen LogP contribution in [0.4, 0.5) is 0 Å². The highest BCUT2D eigenvalue weighted by molar-refractivity contribution is 5.97. The van der Waals surface area contributed by atoms with Gasteiger partial charge in [-0.15, -0.1) is 0 Å². The number of ketones is 1. The van der Waals surface area contributed by atoms with E-state index in [9.17, 15) is 4.79 Å². The fourth-order valence-electron chi connectivity index (χ4n) is 1.24. The van der Waals surface area contributed by atoms with Crippen LogP contribution < -0.4 is 5.32 Å². The second kappa shape index (κ2) is 3.55. The lowest BCUT2D eigenvalue weighted by Gasteiger charge is -1.99. The lowest BCUT2D eigenvalue weighted by Crippen LogP contribution is -2.18. The number of likely N-dealkylation sites (N-methyl/N-ethyl adjacent to an activating group) is 1. The molecule has 0 amide bonds. The van der Waals surface area contributed by atoms with Crippen LogP contribution in [0.2, 0.25) is 0 Å². The number of hydrogen-bond acceptors (Lipinski definition) is 4. The Kier molecular flexibility index (Phi) is 2.24. The third-order valence-electron chi connectivity index (χ3n) is 1.93. The van der Waals surface area contributed by atoms with Crippen molar-refractivity contribution in [1.29, 1.82) is 0 Å². The van der Waals surface area contributed by atoms with Crippen molar-refractivity contribution in [3.8, 4) is 0 Å². The quantitative estimate of drug-likeness (QED) is 0.699. The monoisotopic (exact) mass is 190 g/mol. The molecule has 2 aromatic heterocycles. The predicted molar refractivity (Wildman–Crippen MR) is 51.2 cm³/mol. The summed E-state index contributed by atoms with van der Waals surface area (Å²) in [7, 11) is 1.74. The summed E-state index contributed by atoms with van der Waals surface area (Å²) in [5.41, 5.74) is 1.38. The average molecular weight is 190 g/mol. The second-order valence-corrected chi connectivity index (χ2v) is 2.93. The van der Waals surface area contributed by atoms with Gasteiger partial charge in [-0.3, -0.25) is 4.79 Å². The third-order valence-corrected chi connectivity index (χ3v) is 1.93. The van der Waals surface area contributed by atoms with Crippen molar-refractivity contribution < 1.29 is 4.79 Å². The number of fused-ring (bicyclic) bond motifs is 1. The van der Waals surface area contributed by atoms with Gasteiger partial charge in [0, 0.05) is 11.8 Å². The molecule has 0 bridgehead atoms. The molecule has 0 saturated carbocycles. The zero-order valence-corrected chi connectivity index (χ0v) is 7.77. The Hall–Kier alpha value is -1.75. The van der Waals surface area contributed by atoms with Crippen molar-refractivity contribution in [2.75, 3.05) is 13.6 Å². The Morgan fingerprint density at radius 2 is 2.43 bits per heavy atom. The minimum absolute atomic E-state index is 0.0462. The first-order valence-corrected chi connectivity index (χ1v) is 4.28. The van der Waals surface area contributed by atoms with E-state index < -0.39 is 0 Å². The van der Waals surface area contributed by atoms with Gasteiger partial charge in [0.2, 0.25) is 0 Å². The number of aromatic nitrogens is 3. The van der Waals surface area contributed by atoms with Crippen LogP contribution in [0, 0.1) is 0 Å². The fourth-order valence-corrected chi connectivity index (χ4v) is 1.24. The van der Waals surface area contributed by atoms with Crippen molar-refractivity contribution in [1.82, 2.24) is 19.9 Å². The second-order valence-electron chi connectivity index (χ2n) is 2.93. The van der Waals surface area contributed by atoms with Gasteiger partial charge in [-0.2, -0.15) is 5.10 Å². The molecule has 0 unspecified atom stereocenters. The maximum atomic E-state index is 11.5. The minimum Gasteiger partial charge on any atom is -0.313 e.